The molecule has 3 rings (SSSR count). The van der Waals surface area contributed by atoms with Gasteiger partial charge in [-0.15, -0.1) is 0 Å². The van der Waals surface area contributed by atoms with E-state index in [4.69, 9.17) is 4.74 Å². The summed E-state index contributed by atoms with van der Waals surface area (Å²) in [6.07, 6.45) is 7.12. The Bertz CT molecular complexity index is 1070. The highest BCUT2D eigenvalue weighted by Gasteiger charge is 2.21. The second-order valence-electron chi connectivity index (χ2n) is 9.60. The van der Waals surface area contributed by atoms with Gasteiger partial charge in [0.2, 0.25) is 10.0 Å². The molecule has 2 aromatic rings. The minimum absolute atomic E-state index is 0.0506. The summed E-state index contributed by atoms with van der Waals surface area (Å²) in [7, 11) is -1.65. The summed E-state index contributed by atoms with van der Waals surface area (Å²) in [5, 5.41) is 0. The van der Waals surface area contributed by atoms with Crippen LogP contribution in [0.1, 0.15) is 56.7 Å². The minimum atomic E-state index is -3.34. The molecular formula is C26H35BrN2O3S. The van der Waals surface area contributed by atoms with Crippen molar-refractivity contribution in [2.24, 2.45) is 0 Å². The number of anilines is 1. The van der Waals surface area contributed by atoms with E-state index in [0.29, 0.717) is 12.1 Å². The van der Waals surface area contributed by atoms with Gasteiger partial charge in [0.25, 0.3) is 0 Å². The lowest BCUT2D eigenvalue weighted by atomic mass is 9.85. The predicted molar refractivity (Wildman–Crippen MR) is 142 cm³/mol. The van der Waals surface area contributed by atoms with E-state index in [1.165, 1.54) is 12.8 Å². The molecule has 1 aliphatic rings. The third-order valence-corrected chi connectivity index (χ3v) is 7.65. The maximum absolute atomic E-state index is 12.4. The highest BCUT2D eigenvalue weighted by molar-refractivity contribution is 9.10. The molecule has 0 radical (unpaired) electrons. The van der Waals surface area contributed by atoms with Crippen molar-refractivity contribution in [2.45, 2.75) is 45.4 Å². The van der Waals surface area contributed by atoms with Crippen molar-refractivity contribution in [1.82, 2.24) is 4.90 Å². The van der Waals surface area contributed by atoms with Gasteiger partial charge in [-0.25, -0.2) is 8.42 Å². The Balaban J connectivity index is 1.65. The van der Waals surface area contributed by atoms with E-state index in [-0.39, 0.29) is 11.2 Å². The van der Waals surface area contributed by atoms with Gasteiger partial charge < -0.3 is 9.64 Å². The number of benzene rings is 2. The molecule has 0 unspecified atom stereocenters. The number of methoxy groups -OCH3 is 1. The van der Waals surface area contributed by atoms with Crippen LogP contribution in [0.4, 0.5) is 5.69 Å². The third-order valence-electron chi connectivity index (χ3n) is 5.82. The fourth-order valence-corrected chi connectivity index (χ4v) is 5.67. The predicted octanol–water partition coefficient (Wildman–Crippen LogP) is 6.15. The zero-order valence-corrected chi connectivity index (χ0v) is 22.4. The second kappa shape index (κ2) is 11.1. The molecule has 0 atom stereocenters. The van der Waals surface area contributed by atoms with Crippen molar-refractivity contribution in [1.29, 1.82) is 0 Å². The van der Waals surface area contributed by atoms with Crippen molar-refractivity contribution < 1.29 is 13.2 Å². The fourth-order valence-electron chi connectivity index (χ4n) is 4.09. The topological polar surface area (TPSA) is 58.6 Å². The zero-order chi connectivity index (χ0) is 24.1. The number of hydrogen-bond acceptors (Lipinski definition) is 4. The first kappa shape index (κ1) is 25.8. The van der Waals surface area contributed by atoms with Crippen LogP contribution in [0.5, 0.6) is 5.75 Å². The normalized spacial score (nSPS) is 15.3. The summed E-state index contributed by atoms with van der Waals surface area (Å²) < 4.78 is 34.3. The van der Waals surface area contributed by atoms with Gasteiger partial charge in [-0.05, 0) is 74.1 Å². The van der Waals surface area contributed by atoms with Crippen LogP contribution in [0.2, 0.25) is 0 Å². The van der Waals surface area contributed by atoms with Gasteiger partial charge >= 0.3 is 0 Å². The smallest absolute Gasteiger partial charge is 0.232 e. The largest absolute Gasteiger partial charge is 0.496 e. The first-order chi connectivity index (χ1) is 15.6. The van der Waals surface area contributed by atoms with E-state index in [0.717, 1.165) is 46.5 Å². The van der Waals surface area contributed by atoms with Crippen molar-refractivity contribution >= 4 is 43.8 Å². The molecule has 0 aliphatic carbocycles. The average molecular weight is 536 g/mol. The highest BCUT2D eigenvalue weighted by atomic mass is 79.9. The molecule has 7 heteroatoms. The molecule has 5 nitrogen and oxygen atoms in total. The monoisotopic (exact) mass is 534 g/mol. The first-order valence-electron chi connectivity index (χ1n) is 11.5. The van der Waals surface area contributed by atoms with Gasteiger partial charge in [0, 0.05) is 21.3 Å². The van der Waals surface area contributed by atoms with Gasteiger partial charge in [0.15, 0.2) is 0 Å². The molecule has 1 aliphatic heterocycles. The van der Waals surface area contributed by atoms with Crippen molar-refractivity contribution in [3.63, 3.8) is 0 Å². The number of likely N-dealkylation sites (tertiary alicyclic amines) is 1. The molecule has 0 amide bonds. The molecule has 1 heterocycles. The fraction of sp³-hybridized carbons (Fsp3) is 0.462. The summed E-state index contributed by atoms with van der Waals surface area (Å²) in [5.41, 5.74) is 3.63. The highest BCUT2D eigenvalue weighted by Crippen LogP contribution is 2.37. The molecule has 180 valence electrons. The van der Waals surface area contributed by atoms with Crippen LogP contribution >= 0.6 is 15.9 Å². The van der Waals surface area contributed by atoms with Gasteiger partial charge in [-0.3, -0.25) is 4.72 Å². The van der Waals surface area contributed by atoms with Gasteiger partial charge in [0.1, 0.15) is 5.75 Å². The van der Waals surface area contributed by atoms with E-state index in [1.54, 1.807) is 19.2 Å². The molecular weight excluding hydrogens is 500 g/mol. The number of sulfonamides is 1. The second-order valence-corrected chi connectivity index (χ2v) is 12.4. The van der Waals surface area contributed by atoms with Crippen LogP contribution in [0.15, 0.2) is 40.9 Å². The van der Waals surface area contributed by atoms with Gasteiger partial charge in [-0.2, -0.15) is 0 Å². The zero-order valence-electron chi connectivity index (χ0n) is 20.0. The van der Waals surface area contributed by atoms with Crippen LogP contribution < -0.4 is 9.46 Å². The number of rotatable bonds is 9. The summed E-state index contributed by atoms with van der Waals surface area (Å²) in [6, 6.07) is 11.6. The molecule has 33 heavy (non-hydrogen) atoms. The number of ether oxygens (including phenoxy) is 1. The van der Waals surface area contributed by atoms with E-state index < -0.39 is 10.0 Å². The standard InChI is InChI=1S/C26H35BrN2O3S/c1-26(2,3)24-19-22(27)18-21(25(24)32-4)11-8-20-9-12-23(13-10-20)28-33(30,31)17-7-16-29-14-5-6-15-29/h8-13,18-19,28H,5-7,14-17H2,1-4H3/b11-8+. The van der Waals surface area contributed by atoms with Crippen molar-refractivity contribution in [3.05, 3.63) is 57.6 Å². The molecule has 1 fully saturated rings. The molecule has 1 N–H and O–H groups in total. The molecule has 0 bridgehead atoms. The lowest BCUT2D eigenvalue weighted by Gasteiger charge is -2.24. The SMILES string of the molecule is COc1c(/C=C/c2ccc(NS(=O)(=O)CCCN3CCCC3)cc2)cc(Br)cc1C(C)(C)C. The molecule has 0 spiro atoms. The average Bonchev–Trinajstić information content (AvgIpc) is 3.25. The van der Waals surface area contributed by atoms with E-state index >= 15 is 0 Å². The number of hydrogen-bond donors (Lipinski definition) is 1. The maximum Gasteiger partial charge on any atom is 0.232 e. The Hall–Kier alpha value is -1.83. The van der Waals surface area contributed by atoms with Gasteiger partial charge in [0.05, 0.1) is 12.9 Å². The van der Waals surface area contributed by atoms with E-state index in [9.17, 15) is 8.42 Å². The minimum Gasteiger partial charge on any atom is -0.496 e. The Kier molecular flexibility index (Phi) is 8.65. The summed E-state index contributed by atoms with van der Waals surface area (Å²) in [4.78, 5) is 2.33. The van der Waals surface area contributed by atoms with E-state index in [1.807, 2.05) is 30.4 Å². The quantitative estimate of drug-likeness (QED) is 0.391. The van der Waals surface area contributed by atoms with Crippen LogP contribution in [-0.2, 0) is 15.4 Å². The number of nitrogens with zero attached hydrogens (tertiary/aromatic N) is 1. The molecule has 2 aromatic carbocycles. The van der Waals surface area contributed by atoms with Crippen molar-refractivity contribution in [3.8, 4) is 5.75 Å². The summed E-state index contributed by atoms with van der Waals surface area (Å²) >= 11 is 3.61. The van der Waals surface area contributed by atoms with Crippen molar-refractivity contribution in [2.75, 3.05) is 37.2 Å². The summed E-state index contributed by atoms with van der Waals surface area (Å²) in [5.74, 6) is 1.00. The van der Waals surface area contributed by atoms with Crippen LogP contribution in [0.25, 0.3) is 12.2 Å². The lowest BCUT2D eigenvalue weighted by molar-refractivity contribution is 0.340. The third kappa shape index (κ3) is 7.59. The number of nitrogens with one attached hydrogen (secondary N) is 1. The Labute approximate surface area is 207 Å². The maximum atomic E-state index is 12.4. The van der Waals surface area contributed by atoms with Crippen LogP contribution in [0, 0.1) is 0 Å². The van der Waals surface area contributed by atoms with E-state index in [2.05, 4.69) is 52.4 Å². The Morgan fingerprint density at radius 3 is 2.36 bits per heavy atom. The molecule has 0 saturated carbocycles. The first-order valence-corrected chi connectivity index (χ1v) is 13.9. The Morgan fingerprint density at radius 1 is 1.09 bits per heavy atom. The summed E-state index contributed by atoms with van der Waals surface area (Å²) in [6.45, 7) is 9.52. The number of halogens is 1. The Morgan fingerprint density at radius 2 is 1.76 bits per heavy atom. The molecule has 0 aromatic heterocycles. The van der Waals surface area contributed by atoms with Crippen LogP contribution in [0.3, 0.4) is 0 Å². The van der Waals surface area contributed by atoms with Gasteiger partial charge in [-0.1, -0.05) is 61.0 Å². The van der Waals surface area contributed by atoms with Crippen LogP contribution in [-0.4, -0.2) is 45.8 Å². The molecule has 1 saturated heterocycles. The lowest BCUT2D eigenvalue weighted by Crippen LogP contribution is -2.24.